The molecule has 2 aliphatic heterocycles. The van der Waals surface area contributed by atoms with Gasteiger partial charge in [-0.15, -0.1) is 0 Å². The van der Waals surface area contributed by atoms with Crippen LogP contribution in [-0.4, -0.2) is 65.2 Å². The molecule has 0 aliphatic carbocycles. The molecule has 2 bridgehead atoms. The number of carboxylic acids is 1. The molecule has 0 aromatic carbocycles. The van der Waals surface area contributed by atoms with Gasteiger partial charge in [0.15, 0.2) is 0 Å². The summed E-state index contributed by atoms with van der Waals surface area (Å²) in [6.45, 7) is 2.08. The van der Waals surface area contributed by atoms with Crippen molar-refractivity contribution >= 4 is 18.0 Å². The zero-order valence-corrected chi connectivity index (χ0v) is 11.7. The Hall–Kier alpha value is -1.79. The van der Waals surface area contributed by atoms with Crippen LogP contribution in [0.2, 0.25) is 0 Å². The van der Waals surface area contributed by atoms with Crippen molar-refractivity contribution in [2.45, 2.75) is 38.3 Å². The lowest BCUT2D eigenvalue weighted by molar-refractivity contribution is -0.143. The number of aliphatic carboxylic acids is 1. The van der Waals surface area contributed by atoms with Gasteiger partial charge in [0, 0.05) is 18.6 Å². The number of methoxy groups -OCH3 is 1. The van der Waals surface area contributed by atoms with Gasteiger partial charge >= 0.3 is 18.0 Å². The van der Waals surface area contributed by atoms with Crippen molar-refractivity contribution in [3.8, 4) is 0 Å². The predicted octanol–water partition coefficient (Wildman–Crippen LogP) is 0.539. The summed E-state index contributed by atoms with van der Waals surface area (Å²) < 4.78 is 4.58. The van der Waals surface area contributed by atoms with Gasteiger partial charge in [-0.1, -0.05) is 0 Å². The number of likely N-dealkylation sites (N-methyl/N-ethyl adjacent to an activating group) is 1. The van der Waals surface area contributed by atoms with E-state index in [4.69, 9.17) is 0 Å². The Morgan fingerprint density at radius 3 is 2.55 bits per heavy atom. The molecule has 1 N–H and O–H groups in total. The van der Waals surface area contributed by atoms with Crippen LogP contribution >= 0.6 is 0 Å². The maximum Gasteiger partial charge on any atom is 0.325 e. The monoisotopic (exact) mass is 284 g/mol. The topological polar surface area (TPSA) is 87.2 Å². The molecule has 7 heteroatoms. The maximum atomic E-state index is 12.5. The number of rotatable bonds is 4. The van der Waals surface area contributed by atoms with E-state index in [1.54, 1.807) is 11.8 Å². The highest BCUT2D eigenvalue weighted by Crippen LogP contribution is 2.42. The number of esters is 1. The van der Waals surface area contributed by atoms with Crippen molar-refractivity contribution < 1.29 is 24.2 Å². The van der Waals surface area contributed by atoms with E-state index in [0.29, 0.717) is 13.0 Å². The highest BCUT2D eigenvalue weighted by molar-refractivity contribution is 5.83. The van der Waals surface area contributed by atoms with Crippen molar-refractivity contribution in [2.24, 2.45) is 5.92 Å². The van der Waals surface area contributed by atoms with E-state index in [1.165, 1.54) is 12.0 Å². The minimum atomic E-state index is -0.842. The summed E-state index contributed by atoms with van der Waals surface area (Å²) in [5, 5.41) is 9.19. The van der Waals surface area contributed by atoms with Crippen molar-refractivity contribution in [1.82, 2.24) is 9.80 Å². The zero-order valence-electron chi connectivity index (χ0n) is 11.7. The Balaban J connectivity index is 2.09. The number of amides is 2. The molecule has 7 nitrogen and oxygen atoms in total. The molecule has 2 amide bonds. The number of fused-ring (bicyclic) bond motifs is 2. The molecule has 2 saturated heterocycles. The minimum absolute atomic E-state index is 0.0136. The third-order valence-electron chi connectivity index (χ3n) is 4.27. The number of carbonyl (C=O) groups excluding carboxylic acids is 2. The molecule has 0 aromatic heterocycles. The van der Waals surface area contributed by atoms with Crippen molar-refractivity contribution in [2.75, 3.05) is 20.2 Å². The Kier molecular flexibility index (Phi) is 4.15. The van der Waals surface area contributed by atoms with Gasteiger partial charge in [-0.05, 0) is 26.2 Å². The fourth-order valence-electron chi connectivity index (χ4n) is 3.25. The SMILES string of the molecule is CCN(CC(=O)OC)C(=O)N1C2CCC1C(C(=O)O)C2. The lowest BCUT2D eigenvalue weighted by Crippen LogP contribution is -2.48. The summed E-state index contributed by atoms with van der Waals surface area (Å²) in [4.78, 5) is 38.1. The zero-order chi connectivity index (χ0) is 14.9. The molecule has 2 aliphatic rings. The maximum absolute atomic E-state index is 12.5. The van der Waals surface area contributed by atoms with Crippen molar-refractivity contribution in [3.05, 3.63) is 0 Å². The van der Waals surface area contributed by atoms with Gasteiger partial charge in [-0.2, -0.15) is 0 Å². The largest absolute Gasteiger partial charge is 0.481 e. The predicted molar refractivity (Wildman–Crippen MR) is 69.1 cm³/mol. The van der Waals surface area contributed by atoms with Gasteiger partial charge in [0.05, 0.1) is 13.0 Å². The van der Waals surface area contributed by atoms with Crippen LogP contribution in [0.25, 0.3) is 0 Å². The van der Waals surface area contributed by atoms with Crippen LogP contribution in [-0.2, 0) is 14.3 Å². The molecule has 0 spiro atoms. The quantitative estimate of drug-likeness (QED) is 0.761. The first-order valence-electron chi connectivity index (χ1n) is 6.86. The summed E-state index contributed by atoms with van der Waals surface area (Å²) in [7, 11) is 1.28. The van der Waals surface area contributed by atoms with Gasteiger partial charge in [0.1, 0.15) is 6.54 Å². The molecule has 2 rings (SSSR count). The molecule has 2 fully saturated rings. The second-order valence-electron chi connectivity index (χ2n) is 5.26. The van der Waals surface area contributed by atoms with E-state index in [1.807, 2.05) is 0 Å². The summed E-state index contributed by atoms with van der Waals surface area (Å²) in [5.41, 5.74) is 0. The fraction of sp³-hybridized carbons (Fsp3) is 0.769. The van der Waals surface area contributed by atoms with Gasteiger partial charge in [0.2, 0.25) is 0 Å². The summed E-state index contributed by atoms with van der Waals surface area (Å²) in [5.74, 6) is -1.79. The van der Waals surface area contributed by atoms with E-state index in [-0.39, 0.29) is 24.7 Å². The van der Waals surface area contributed by atoms with Gasteiger partial charge < -0.3 is 19.6 Å². The second-order valence-corrected chi connectivity index (χ2v) is 5.26. The number of carbonyl (C=O) groups is 3. The van der Waals surface area contributed by atoms with Crippen LogP contribution in [0.1, 0.15) is 26.2 Å². The molecule has 0 radical (unpaired) electrons. The molecular formula is C13H20N2O5. The Morgan fingerprint density at radius 2 is 2.05 bits per heavy atom. The highest BCUT2D eigenvalue weighted by atomic mass is 16.5. The third-order valence-corrected chi connectivity index (χ3v) is 4.27. The smallest absolute Gasteiger partial charge is 0.325 e. The van der Waals surface area contributed by atoms with E-state index < -0.39 is 17.9 Å². The molecule has 2 heterocycles. The number of ether oxygens (including phenoxy) is 1. The third kappa shape index (κ3) is 2.44. The van der Waals surface area contributed by atoms with Crippen molar-refractivity contribution in [1.29, 1.82) is 0 Å². The number of hydrogen-bond donors (Lipinski definition) is 1. The Bertz CT molecular complexity index is 425. The summed E-state index contributed by atoms with van der Waals surface area (Å²) in [6, 6.07) is -0.508. The van der Waals surface area contributed by atoms with Crippen LogP contribution in [0.5, 0.6) is 0 Å². The molecule has 3 atom stereocenters. The molecule has 0 saturated carbocycles. The minimum Gasteiger partial charge on any atom is -0.481 e. The lowest BCUT2D eigenvalue weighted by atomic mass is 9.89. The van der Waals surface area contributed by atoms with Crippen LogP contribution in [0, 0.1) is 5.92 Å². The van der Waals surface area contributed by atoms with Gasteiger partial charge in [-0.3, -0.25) is 9.59 Å². The highest BCUT2D eigenvalue weighted by Gasteiger charge is 2.52. The molecule has 3 unspecified atom stereocenters. The average molecular weight is 284 g/mol. The standard InChI is InChI=1S/C13H20N2O5/c1-3-14(7-11(16)20-2)13(19)15-8-4-5-10(15)9(6-8)12(17)18/h8-10H,3-7H2,1-2H3,(H,17,18). The Morgan fingerprint density at radius 1 is 1.35 bits per heavy atom. The van der Waals surface area contributed by atoms with Crippen molar-refractivity contribution in [3.63, 3.8) is 0 Å². The lowest BCUT2D eigenvalue weighted by Gasteiger charge is -2.29. The van der Waals surface area contributed by atoms with Crippen LogP contribution < -0.4 is 0 Å². The number of carboxylic acid groups (broad SMARTS) is 1. The summed E-state index contributed by atoms with van der Waals surface area (Å²) >= 11 is 0. The normalized spacial score (nSPS) is 27.5. The Labute approximate surface area is 117 Å². The van der Waals surface area contributed by atoms with Crippen LogP contribution in [0.15, 0.2) is 0 Å². The van der Waals surface area contributed by atoms with E-state index in [9.17, 15) is 19.5 Å². The van der Waals surface area contributed by atoms with E-state index >= 15 is 0 Å². The van der Waals surface area contributed by atoms with Crippen LogP contribution in [0.3, 0.4) is 0 Å². The molecule has 20 heavy (non-hydrogen) atoms. The number of urea groups is 1. The fourth-order valence-corrected chi connectivity index (χ4v) is 3.25. The second kappa shape index (κ2) is 5.68. The first-order valence-corrected chi connectivity index (χ1v) is 6.86. The number of nitrogens with zero attached hydrogens (tertiary/aromatic N) is 2. The van der Waals surface area contributed by atoms with Crippen LogP contribution in [0.4, 0.5) is 4.79 Å². The van der Waals surface area contributed by atoms with Gasteiger partial charge in [-0.25, -0.2) is 4.79 Å². The van der Waals surface area contributed by atoms with E-state index in [0.717, 1.165) is 12.8 Å². The van der Waals surface area contributed by atoms with Gasteiger partial charge in [0.25, 0.3) is 0 Å². The summed E-state index contributed by atoms with van der Waals surface area (Å²) in [6.07, 6.45) is 2.08. The number of hydrogen-bond acceptors (Lipinski definition) is 4. The molecule has 0 aromatic rings. The first-order chi connectivity index (χ1) is 9.49. The molecular weight excluding hydrogens is 264 g/mol. The average Bonchev–Trinajstić information content (AvgIpc) is 3.01. The molecule has 112 valence electrons. The van der Waals surface area contributed by atoms with E-state index in [2.05, 4.69) is 4.74 Å². The first kappa shape index (κ1) is 14.6.